The van der Waals surface area contributed by atoms with Gasteiger partial charge in [0.1, 0.15) is 12.4 Å². The van der Waals surface area contributed by atoms with Gasteiger partial charge in [-0.2, -0.15) is 0 Å². The first kappa shape index (κ1) is 15.0. The van der Waals surface area contributed by atoms with Gasteiger partial charge in [-0.3, -0.25) is 0 Å². The van der Waals surface area contributed by atoms with Crippen molar-refractivity contribution in [2.45, 2.75) is 53.0 Å². The minimum atomic E-state index is 0.468. The second-order valence-corrected chi connectivity index (χ2v) is 5.07. The summed E-state index contributed by atoms with van der Waals surface area (Å²) in [6.45, 7) is 10.5. The number of rotatable bonds is 8. The molecule has 0 spiro atoms. The number of nitrogens with one attached hydrogen (secondary N) is 1. The highest BCUT2D eigenvalue weighted by molar-refractivity contribution is 5.32. The van der Waals surface area contributed by atoms with Crippen LogP contribution in [0.3, 0.4) is 0 Å². The van der Waals surface area contributed by atoms with E-state index < -0.39 is 0 Å². The Balaban J connectivity index is 2.49. The first-order valence-corrected chi connectivity index (χ1v) is 7.10. The second kappa shape index (κ2) is 8.15. The average Bonchev–Trinajstić information content (AvgIpc) is 2.31. The quantitative estimate of drug-likeness (QED) is 0.755. The van der Waals surface area contributed by atoms with Crippen molar-refractivity contribution in [2.75, 3.05) is 13.2 Å². The van der Waals surface area contributed by atoms with Crippen molar-refractivity contribution < 1.29 is 4.74 Å². The topological polar surface area (TPSA) is 21.3 Å². The molecule has 0 saturated carbocycles. The second-order valence-electron chi connectivity index (χ2n) is 5.07. The maximum Gasteiger partial charge on any atom is 0.119 e. The van der Waals surface area contributed by atoms with Crippen LogP contribution in [0.25, 0.3) is 0 Å². The molecule has 1 aromatic rings. The summed E-state index contributed by atoms with van der Waals surface area (Å²) < 4.78 is 5.92. The third-order valence-corrected chi connectivity index (χ3v) is 2.97. The maximum atomic E-state index is 5.92. The third-order valence-electron chi connectivity index (χ3n) is 2.97. The minimum absolute atomic E-state index is 0.468. The van der Waals surface area contributed by atoms with Crippen LogP contribution in [0.5, 0.6) is 5.75 Å². The molecule has 1 rings (SSSR count). The molecule has 2 heteroatoms. The predicted octanol–water partition coefficient (Wildman–Crippen LogP) is 3.85. The molecule has 0 heterocycles. The maximum absolute atomic E-state index is 5.92. The molecule has 0 fully saturated rings. The molecule has 2 nitrogen and oxygen atoms in total. The lowest BCUT2D eigenvalue weighted by Gasteiger charge is -2.18. The fraction of sp³-hybridized carbons (Fsp3) is 0.625. The molecule has 0 aromatic heterocycles. The lowest BCUT2D eigenvalue weighted by molar-refractivity contribution is 0.255. The van der Waals surface area contributed by atoms with Crippen LogP contribution in [-0.2, 0) is 0 Å². The lowest BCUT2D eigenvalue weighted by Crippen LogP contribution is -2.35. The smallest absolute Gasteiger partial charge is 0.119 e. The Kier molecular flexibility index (Phi) is 6.81. The standard InChI is InChI=1S/C16H27NO/c1-5-7-15(17-8-6-2)12-18-16-10-13(3)9-14(4)11-16/h9-11,15,17H,5-8,12H2,1-4H3. The number of benzene rings is 1. The highest BCUT2D eigenvalue weighted by Gasteiger charge is 2.07. The summed E-state index contributed by atoms with van der Waals surface area (Å²) in [7, 11) is 0. The van der Waals surface area contributed by atoms with Crippen LogP contribution in [0, 0.1) is 13.8 Å². The van der Waals surface area contributed by atoms with Crippen molar-refractivity contribution in [3.05, 3.63) is 29.3 Å². The zero-order chi connectivity index (χ0) is 13.4. The number of ether oxygens (including phenoxy) is 1. The van der Waals surface area contributed by atoms with E-state index >= 15 is 0 Å². The fourth-order valence-corrected chi connectivity index (χ4v) is 2.15. The molecule has 0 radical (unpaired) electrons. The van der Waals surface area contributed by atoms with Gasteiger partial charge in [0.05, 0.1) is 0 Å². The molecule has 1 unspecified atom stereocenters. The van der Waals surface area contributed by atoms with Gasteiger partial charge < -0.3 is 10.1 Å². The minimum Gasteiger partial charge on any atom is -0.492 e. The van der Waals surface area contributed by atoms with Crippen molar-refractivity contribution in [3.63, 3.8) is 0 Å². The number of hydrogen-bond acceptors (Lipinski definition) is 2. The van der Waals surface area contributed by atoms with E-state index in [9.17, 15) is 0 Å². The highest BCUT2D eigenvalue weighted by atomic mass is 16.5. The Labute approximate surface area is 112 Å². The van der Waals surface area contributed by atoms with Gasteiger partial charge >= 0.3 is 0 Å². The molecule has 1 aromatic carbocycles. The number of hydrogen-bond donors (Lipinski definition) is 1. The largest absolute Gasteiger partial charge is 0.492 e. The highest BCUT2D eigenvalue weighted by Crippen LogP contribution is 2.16. The molecule has 0 bridgehead atoms. The van der Waals surface area contributed by atoms with E-state index in [1.807, 2.05) is 0 Å². The molecule has 0 aliphatic heterocycles. The molecule has 18 heavy (non-hydrogen) atoms. The van der Waals surface area contributed by atoms with Crippen LogP contribution in [-0.4, -0.2) is 19.2 Å². The summed E-state index contributed by atoms with van der Waals surface area (Å²) in [5, 5.41) is 3.54. The first-order valence-electron chi connectivity index (χ1n) is 7.10. The predicted molar refractivity (Wildman–Crippen MR) is 78.4 cm³/mol. The monoisotopic (exact) mass is 249 g/mol. The summed E-state index contributed by atoms with van der Waals surface area (Å²) in [4.78, 5) is 0. The molecule has 102 valence electrons. The van der Waals surface area contributed by atoms with Crippen LogP contribution in [0.15, 0.2) is 18.2 Å². The molecule has 0 aliphatic rings. The van der Waals surface area contributed by atoms with Gasteiger partial charge in [0.25, 0.3) is 0 Å². The van der Waals surface area contributed by atoms with Crippen LogP contribution in [0.1, 0.15) is 44.2 Å². The van der Waals surface area contributed by atoms with Gasteiger partial charge in [0, 0.05) is 6.04 Å². The van der Waals surface area contributed by atoms with E-state index in [1.54, 1.807) is 0 Å². The van der Waals surface area contributed by atoms with E-state index in [4.69, 9.17) is 4.74 Å². The molecule has 0 amide bonds. The van der Waals surface area contributed by atoms with Gasteiger partial charge in [-0.25, -0.2) is 0 Å². The molecule has 0 saturated heterocycles. The van der Waals surface area contributed by atoms with Gasteiger partial charge in [-0.1, -0.05) is 26.3 Å². The average molecular weight is 249 g/mol. The van der Waals surface area contributed by atoms with Gasteiger partial charge in [-0.15, -0.1) is 0 Å². The fourth-order valence-electron chi connectivity index (χ4n) is 2.15. The summed E-state index contributed by atoms with van der Waals surface area (Å²) in [6.07, 6.45) is 3.53. The van der Waals surface area contributed by atoms with Crippen molar-refractivity contribution in [1.29, 1.82) is 0 Å². The van der Waals surface area contributed by atoms with Gasteiger partial charge in [0.15, 0.2) is 0 Å². The molecular formula is C16H27NO. The summed E-state index contributed by atoms with van der Waals surface area (Å²) in [6, 6.07) is 6.85. The van der Waals surface area contributed by atoms with Crippen molar-refractivity contribution in [3.8, 4) is 5.75 Å². The van der Waals surface area contributed by atoms with E-state index in [0.29, 0.717) is 6.04 Å². The Hall–Kier alpha value is -1.02. The van der Waals surface area contributed by atoms with Crippen LogP contribution < -0.4 is 10.1 Å². The van der Waals surface area contributed by atoms with Crippen LogP contribution in [0.4, 0.5) is 0 Å². The molecular weight excluding hydrogens is 222 g/mol. The Bertz CT molecular complexity index is 329. The SMILES string of the molecule is CCCNC(CCC)COc1cc(C)cc(C)c1. The van der Waals surface area contributed by atoms with Crippen molar-refractivity contribution >= 4 is 0 Å². The zero-order valence-corrected chi connectivity index (χ0v) is 12.3. The van der Waals surface area contributed by atoms with E-state index in [-0.39, 0.29) is 0 Å². The van der Waals surface area contributed by atoms with Gasteiger partial charge in [-0.05, 0) is 56.5 Å². The third kappa shape index (κ3) is 5.54. The number of aryl methyl sites for hydroxylation is 2. The van der Waals surface area contributed by atoms with Crippen LogP contribution >= 0.6 is 0 Å². The Morgan fingerprint density at radius 1 is 1.06 bits per heavy atom. The normalized spacial score (nSPS) is 12.4. The summed E-state index contributed by atoms with van der Waals surface area (Å²) in [5.41, 5.74) is 2.53. The lowest BCUT2D eigenvalue weighted by atomic mass is 10.1. The van der Waals surface area contributed by atoms with E-state index in [1.165, 1.54) is 30.4 Å². The van der Waals surface area contributed by atoms with Crippen LogP contribution in [0.2, 0.25) is 0 Å². The summed E-state index contributed by atoms with van der Waals surface area (Å²) in [5.74, 6) is 0.993. The first-order chi connectivity index (χ1) is 8.65. The van der Waals surface area contributed by atoms with Crippen molar-refractivity contribution in [2.24, 2.45) is 0 Å². The Morgan fingerprint density at radius 2 is 1.72 bits per heavy atom. The zero-order valence-electron chi connectivity index (χ0n) is 12.3. The Morgan fingerprint density at radius 3 is 2.28 bits per heavy atom. The van der Waals surface area contributed by atoms with Gasteiger partial charge in [0.2, 0.25) is 0 Å². The van der Waals surface area contributed by atoms with E-state index in [0.717, 1.165) is 18.9 Å². The van der Waals surface area contributed by atoms with E-state index in [2.05, 4.69) is 51.2 Å². The summed E-state index contributed by atoms with van der Waals surface area (Å²) >= 11 is 0. The molecule has 1 atom stereocenters. The molecule has 1 N–H and O–H groups in total. The molecule has 0 aliphatic carbocycles. The van der Waals surface area contributed by atoms with Crippen molar-refractivity contribution in [1.82, 2.24) is 5.32 Å².